The molecule has 2 saturated carbocycles. The Labute approximate surface area is 75.2 Å². The first-order valence-corrected chi connectivity index (χ1v) is 5.29. The summed E-state index contributed by atoms with van der Waals surface area (Å²) >= 11 is 0. The molecule has 0 saturated heterocycles. The van der Waals surface area contributed by atoms with E-state index in [0.717, 1.165) is 11.8 Å². The van der Waals surface area contributed by atoms with E-state index >= 15 is 0 Å². The van der Waals surface area contributed by atoms with Crippen molar-refractivity contribution in [2.24, 2.45) is 29.6 Å². The van der Waals surface area contributed by atoms with Crippen molar-refractivity contribution < 1.29 is 5.11 Å². The zero-order chi connectivity index (χ0) is 8.88. The lowest BCUT2D eigenvalue weighted by atomic mass is 9.75. The molecule has 5 atom stereocenters. The summed E-state index contributed by atoms with van der Waals surface area (Å²) in [5.41, 5.74) is 0. The van der Waals surface area contributed by atoms with Crippen molar-refractivity contribution in [3.8, 4) is 0 Å². The molecule has 0 amide bonds. The summed E-state index contributed by atoms with van der Waals surface area (Å²) in [5, 5.41) is 10.0. The Kier molecular flexibility index (Phi) is 1.95. The Hall–Kier alpha value is -0.0400. The molecule has 0 aliphatic heterocycles. The Morgan fingerprint density at radius 1 is 1.25 bits per heavy atom. The van der Waals surface area contributed by atoms with Gasteiger partial charge < -0.3 is 5.11 Å². The van der Waals surface area contributed by atoms with Gasteiger partial charge >= 0.3 is 0 Å². The van der Waals surface area contributed by atoms with Crippen molar-refractivity contribution >= 4 is 0 Å². The highest BCUT2D eigenvalue weighted by molar-refractivity contribution is 5.00. The molecule has 12 heavy (non-hydrogen) atoms. The maximum atomic E-state index is 10.0. The van der Waals surface area contributed by atoms with Crippen LogP contribution in [-0.2, 0) is 0 Å². The minimum atomic E-state index is 0.0127. The first-order valence-electron chi connectivity index (χ1n) is 5.29. The van der Waals surface area contributed by atoms with Gasteiger partial charge in [0.1, 0.15) is 0 Å². The second-order valence-corrected chi connectivity index (χ2v) is 5.18. The first kappa shape index (κ1) is 8.55. The molecule has 2 rings (SSSR count). The van der Waals surface area contributed by atoms with E-state index in [2.05, 4.69) is 20.8 Å². The van der Waals surface area contributed by atoms with Gasteiger partial charge in [-0.2, -0.15) is 0 Å². The SMILES string of the molecule is CC(C)C1C2CC(C)C(C2)C1O. The molecule has 1 nitrogen and oxygen atoms in total. The third kappa shape index (κ3) is 1.02. The maximum absolute atomic E-state index is 10.0. The van der Waals surface area contributed by atoms with Crippen LogP contribution < -0.4 is 0 Å². The van der Waals surface area contributed by atoms with E-state index in [-0.39, 0.29) is 6.10 Å². The van der Waals surface area contributed by atoms with Crippen LogP contribution in [0.3, 0.4) is 0 Å². The van der Waals surface area contributed by atoms with Crippen LogP contribution in [0, 0.1) is 29.6 Å². The van der Waals surface area contributed by atoms with Crippen LogP contribution in [0.1, 0.15) is 33.6 Å². The molecular formula is C11H20O. The van der Waals surface area contributed by atoms with Gasteiger partial charge in [-0.3, -0.25) is 0 Å². The van der Waals surface area contributed by atoms with Crippen LogP contribution in [0.4, 0.5) is 0 Å². The third-order valence-electron chi connectivity index (χ3n) is 4.13. The van der Waals surface area contributed by atoms with E-state index in [0.29, 0.717) is 17.8 Å². The van der Waals surface area contributed by atoms with Gasteiger partial charge in [-0.05, 0) is 42.4 Å². The lowest BCUT2D eigenvalue weighted by Crippen LogP contribution is -2.34. The normalized spacial score (nSPS) is 52.2. The molecule has 0 heterocycles. The predicted octanol–water partition coefficient (Wildman–Crippen LogP) is 2.30. The van der Waals surface area contributed by atoms with Crippen LogP contribution in [-0.4, -0.2) is 11.2 Å². The Morgan fingerprint density at radius 3 is 2.33 bits per heavy atom. The van der Waals surface area contributed by atoms with Gasteiger partial charge in [0.25, 0.3) is 0 Å². The monoisotopic (exact) mass is 168 g/mol. The van der Waals surface area contributed by atoms with Crippen molar-refractivity contribution in [3.63, 3.8) is 0 Å². The zero-order valence-corrected chi connectivity index (χ0v) is 8.33. The summed E-state index contributed by atoms with van der Waals surface area (Å²) in [5.74, 6) is 3.51. The van der Waals surface area contributed by atoms with Crippen molar-refractivity contribution in [1.82, 2.24) is 0 Å². The van der Waals surface area contributed by atoms with Gasteiger partial charge in [0, 0.05) is 0 Å². The fourth-order valence-electron chi connectivity index (χ4n) is 3.62. The standard InChI is InChI=1S/C11H20O/c1-6(2)10-8-4-7(3)9(5-8)11(10)12/h6-12H,4-5H2,1-3H3. The fraction of sp³-hybridized carbons (Fsp3) is 1.00. The van der Waals surface area contributed by atoms with E-state index in [4.69, 9.17) is 0 Å². The number of hydrogen-bond donors (Lipinski definition) is 1. The van der Waals surface area contributed by atoms with E-state index in [1.807, 2.05) is 0 Å². The molecule has 70 valence electrons. The predicted molar refractivity (Wildman–Crippen MR) is 49.7 cm³/mol. The van der Waals surface area contributed by atoms with Crippen molar-refractivity contribution in [1.29, 1.82) is 0 Å². The van der Waals surface area contributed by atoms with Crippen LogP contribution in [0.5, 0.6) is 0 Å². The van der Waals surface area contributed by atoms with E-state index in [9.17, 15) is 5.11 Å². The molecule has 0 radical (unpaired) electrons. The Balaban J connectivity index is 2.13. The molecule has 1 heteroatoms. The summed E-state index contributed by atoms with van der Waals surface area (Å²) in [6.07, 6.45) is 2.68. The maximum Gasteiger partial charge on any atom is 0.0604 e. The molecule has 2 fully saturated rings. The molecule has 0 aromatic heterocycles. The zero-order valence-electron chi connectivity index (χ0n) is 8.33. The highest BCUT2D eigenvalue weighted by atomic mass is 16.3. The lowest BCUT2D eigenvalue weighted by molar-refractivity contribution is 0.0153. The molecule has 5 unspecified atom stereocenters. The summed E-state index contributed by atoms with van der Waals surface area (Å²) in [4.78, 5) is 0. The number of rotatable bonds is 1. The van der Waals surface area contributed by atoms with Crippen LogP contribution in [0.15, 0.2) is 0 Å². The number of aliphatic hydroxyl groups is 1. The fourth-order valence-corrected chi connectivity index (χ4v) is 3.62. The molecule has 0 spiro atoms. The lowest BCUT2D eigenvalue weighted by Gasteiger charge is -2.33. The molecular weight excluding hydrogens is 148 g/mol. The van der Waals surface area contributed by atoms with Gasteiger partial charge in [-0.25, -0.2) is 0 Å². The van der Waals surface area contributed by atoms with E-state index in [1.165, 1.54) is 12.8 Å². The molecule has 2 aliphatic carbocycles. The number of fused-ring (bicyclic) bond motifs is 2. The molecule has 0 aromatic carbocycles. The largest absolute Gasteiger partial charge is 0.393 e. The minimum Gasteiger partial charge on any atom is -0.393 e. The van der Waals surface area contributed by atoms with Crippen molar-refractivity contribution in [2.45, 2.75) is 39.7 Å². The molecule has 1 N–H and O–H groups in total. The number of aliphatic hydroxyl groups excluding tert-OH is 1. The van der Waals surface area contributed by atoms with Crippen molar-refractivity contribution in [3.05, 3.63) is 0 Å². The van der Waals surface area contributed by atoms with E-state index < -0.39 is 0 Å². The van der Waals surface area contributed by atoms with Gasteiger partial charge in [0.05, 0.1) is 6.10 Å². The minimum absolute atomic E-state index is 0.0127. The molecule has 2 bridgehead atoms. The van der Waals surface area contributed by atoms with Gasteiger partial charge in [0.2, 0.25) is 0 Å². The summed E-state index contributed by atoms with van der Waals surface area (Å²) < 4.78 is 0. The molecule has 2 aliphatic rings. The van der Waals surface area contributed by atoms with Crippen molar-refractivity contribution in [2.75, 3.05) is 0 Å². The Bertz CT molecular complexity index is 174. The third-order valence-corrected chi connectivity index (χ3v) is 4.13. The average molecular weight is 168 g/mol. The average Bonchev–Trinajstić information content (AvgIpc) is 2.42. The summed E-state index contributed by atoms with van der Waals surface area (Å²) in [6.45, 7) is 6.79. The second-order valence-electron chi connectivity index (χ2n) is 5.18. The molecule has 0 aromatic rings. The highest BCUT2D eigenvalue weighted by Gasteiger charge is 2.51. The van der Waals surface area contributed by atoms with Crippen LogP contribution in [0.2, 0.25) is 0 Å². The summed E-state index contributed by atoms with van der Waals surface area (Å²) in [7, 11) is 0. The van der Waals surface area contributed by atoms with Gasteiger partial charge in [-0.1, -0.05) is 20.8 Å². The second kappa shape index (κ2) is 2.73. The Morgan fingerprint density at radius 2 is 1.92 bits per heavy atom. The topological polar surface area (TPSA) is 20.2 Å². The first-order chi connectivity index (χ1) is 5.61. The summed E-state index contributed by atoms with van der Waals surface area (Å²) in [6, 6.07) is 0. The van der Waals surface area contributed by atoms with E-state index in [1.54, 1.807) is 0 Å². The smallest absolute Gasteiger partial charge is 0.0604 e. The van der Waals surface area contributed by atoms with Crippen LogP contribution in [0.25, 0.3) is 0 Å². The van der Waals surface area contributed by atoms with Gasteiger partial charge in [-0.15, -0.1) is 0 Å². The number of hydrogen-bond acceptors (Lipinski definition) is 1. The van der Waals surface area contributed by atoms with Crippen LogP contribution >= 0.6 is 0 Å². The quantitative estimate of drug-likeness (QED) is 0.637. The van der Waals surface area contributed by atoms with Gasteiger partial charge in [0.15, 0.2) is 0 Å². The highest BCUT2D eigenvalue weighted by Crippen LogP contribution is 2.53.